The average molecular weight is 376 g/mol. The van der Waals surface area contributed by atoms with Crippen molar-refractivity contribution in [1.82, 2.24) is 8.87 Å². The van der Waals surface area contributed by atoms with Crippen LogP contribution in [0.2, 0.25) is 0 Å². The molecule has 0 saturated carbocycles. The highest BCUT2D eigenvalue weighted by atomic mass is 32.2. The number of carboxylic acid groups (broad SMARTS) is 1. The Hall–Kier alpha value is -2.61. The second kappa shape index (κ2) is 6.95. The number of carbonyl (C=O) groups is 2. The van der Waals surface area contributed by atoms with Crippen LogP contribution in [-0.2, 0) is 14.8 Å². The number of likely N-dealkylation sites (tertiary alicyclic amines) is 1. The number of piperidine rings is 1. The Balaban J connectivity index is 1.82. The molecule has 1 aliphatic rings. The van der Waals surface area contributed by atoms with Gasteiger partial charge in [0.1, 0.15) is 0 Å². The molecule has 1 unspecified atom stereocenters. The molecule has 0 aliphatic carbocycles. The Morgan fingerprint density at radius 3 is 2.50 bits per heavy atom. The summed E-state index contributed by atoms with van der Waals surface area (Å²) < 4.78 is 26.3. The van der Waals surface area contributed by atoms with Gasteiger partial charge in [0.05, 0.1) is 16.4 Å². The summed E-state index contributed by atoms with van der Waals surface area (Å²) in [5.74, 6) is -1.85. The summed E-state index contributed by atoms with van der Waals surface area (Å²) in [6, 6.07) is 7.91. The zero-order chi connectivity index (χ0) is 18.9. The van der Waals surface area contributed by atoms with E-state index >= 15 is 0 Å². The van der Waals surface area contributed by atoms with Crippen LogP contribution in [0.25, 0.3) is 0 Å². The molecule has 2 heterocycles. The number of carbonyl (C=O) groups excluding carboxylic acids is 1. The highest BCUT2D eigenvalue weighted by molar-refractivity contribution is 7.90. The Labute approximate surface area is 151 Å². The maximum atomic E-state index is 12.7. The molecule has 1 N–H and O–H groups in total. The number of carboxylic acids is 1. The third-order valence-corrected chi connectivity index (χ3v) is 6.22. The molecule has 8 heteroatoms. The van der Waals surface area contributed by atoms with E-state index in [1.165, 1.54) is 35.5 Å². The van der Waals surface area contributed by atoms with Gasteiger partial charge in [-0.05, 0) is 38.0 Å². The number of rotatable bonds is 4. The van der Waals surface area contributed by atoms with Gasteiger partial charge in [0.2, 0.25) is 0 Å². The standard InChI is InChI=1S/C18H20N2O5S/c1-13-4-6-16(7-5-13)26(24,25)20-10-8-14(12-20)17(21)19-9-2-3-15(11-19)18(22)23/h4-8,10,12,15H,2-3,9,11H2,1H3,(H,22,23). The van der Waals surface area contributed by atoms with Gasteiger partial charge < -0.3 is 10.0 Å². The Morgan fingerprint density at radius 1 is 1.15 bits per heavy atom. The molecule has 0 spiro atoms. The number of amides is 1. The van der Waals surface area contributed by atoms with Crippen LogP contribution in [0.15, 0.2) is 47.6 Å². The summed E-state index contributed by atoms with van der Waals surface area (Å²) in [6.45, 7) is 2.48. The molecule has 0 bridgehead atoms. The third-order valence-electron chi connectivity index (χ3n) is 4.57. The molecule has 1 aliphatic heterocycles. The van der Waals surface area contributed by atoms with Gasteiger partial charge in [0.25, 0.3) is 15.9 Å². The normalized spacial score (nSPS) is 17.9. The van der Waals surface area contributed by atoms with Gasteiger partial charge in [0, 0.05) is 25.5 Å². The molecule has 1 aromatic heterocycles. The van der Waals surface area contributed by atoms with Crippen LogP contribution >= 0.6 is 0 Å². The van der Waals surface area contributed by atoms with Gasteiger partial charge in [-0.2, -0.15) is 0 Å². The minimum Gasteiger partial charge on any atom is -0.481 e. The summed E-state index contributed by atoms with van der Waals surface area (Å²) in [6.07, 6.45) is 3.77. The highest BCUT2D eigenvalue weighted by Gasteiger charge is 2.29. The molecular formula is C18H20N2O5S. The van der Waals surface area contributed by atoms with Gasteiger partial charge >= 0.3 is 5.97 Å². The number of aromatic nitrogens is 1. The van der Waals surface area contributed by atoms with Crippen LogP contribution in [0.4, 0.5) is 0 Å². The van der Waals surface area contributed by atoms with Crippen LogP contribution < -0.4 is 0 Å². The number of hydrogen-bond donors (Lipinski definition) is 1. The zero-order valence-corrected chi connectivity index (χ0v) is 15.1. The minimum absolute atomic E-state index is 0.140. The maximum absolute atomic E-state index is 12.7. The molecule has 1 aromatic carbocycles. The summed E-state index contributed by atoms with van der Waals surface area (Å²) in [5.41, 5.74) is 1.18. The van der Waals surface area contributed by atoms with Gasteiger partial charge in [0.15, 0.2) is 0 Å². The van der Waals surface area contributed by atoms with E-state index in [9.17, 15) is 18.0 Å². The second-order valence-corrected chi connectivity index (χ2v) is 8.32. The topological polar surface area (TPSA) is 96.7 Å². The van der Waals surface area contributed by atoms with Crippen molar-refractivity contribution in [3.8, 4) is 0 Å². The lowest BCUT2D eigenvalue weighted by Gasteiger charge is -2.30. The number of hydrogen-bond acceptors (Lipinski definition) is 4. The smallest absolute Gasteiger partial charge is 0.308 e. The quantitative estimate of drug-likeness (QED) is 0.880. The van der Waals surface area contributed by atoms with E-state index in [1.54, 1.807) is 12.1 Å². The fourth-order valence-electron chi connectivity index (χ4n) is 3.03. The van der Waals surface area contributed by atoms with Crippen LogP contribution in [-0.4, -0.2) is 47.4 Å². The second-order valence-electron chi connectivity index (χ2n) is 6.48. The first kappa shape index (κ1) is 18.2. The van der Waals surface area contributed by atoms with E-state index < -0.39 is 21.9 Å². The van der Waals surface area contributed by atoms with Crippen molar-refractivity contribution in [2.24, 2.45) is 5.92 Å². The minimum atomic E-state index is -3.77. The lowest BCUT2D eigenvalue weighted by Crippen LogP contribution is -2.42. The van der Waals surface area contributed by atoms with E-state index in [0.29, 0.717) is 19.4 Å². The van der Waals surface area contributed by atoms with Crippen molar-refractivity contribution in [2.45, 2.75) is 24.7 Å². The van der Waals surface area contributed by atoms with E-state index in [0.717, 1.165) is 9.54 Å². The molecule has 1 fully saturated rings. The van der Waals surface area contributed by atoms with Gasteiger partial charge in [-0.15, -0.1) is 0 Å². The molecule has 3 rings (SSSR count). The van der Waals surface area contributed by atoms with Crippen LogP contribution in [0.5, 0.6) is 0 Å². The Morgan fingerprint density at radius 2 is 1.85 bits per heavy atom. The van der Waals surface area contributed by atoms with E-state index in [1.807, 2.05) is 6.92 Å². The molecular weight excluding hydrogens is 356 g/mol. The monoisotopic (exact) mass is 376 g/mol. The summed E-state index contributed by atoms with van der Waals surface area (Å²) in [7, 11) is -3.77. The Bertz CT molecular complexity index is 931. The van der Waals surface area contributed by atoms with Crippen molar-refractivity contribution >= 4 is 21.9 Å². The third kappa shape index (κ3) is 3.50. The highest BCUT2D eigenvalue weighted by Crippen LogP contribution is 2.21. The van der Waals surface area contributed by atoms with E-state index in [2.05, 4.69) is 0 Å². The van der Waals surface area contributed by atoms with Crippen molar-refractivity contribution in [2.75, 3.05) is 13.1 Å². The zero-order valence-electron chi connectivity index (χ0n) is 14.3. The molecule has 1 saturated heterocycles. The molecule has 0 radical (unpaired) electrons. The van der Waals surface area contributed by atoms with Gasteiger partial charge in [-0.1, -0.05) is 17.7 Å². The maximum Gasteiger partial charge on any atom is 0.308 e. The largest absolute Gasteiger partial charge is 0.481 e. The predicted molar refractivity (Wildman–Crippen MR) is 94.5 cm³/mol. The van der Waals surface area contributed by atoms with Crippen molar-refractivity contribution in [1.29, 1.82) is 0 Å². The first-order valence-electron chi connectivity index (χ1n) is 8.31. The molecule has 1 amide bonds. The first-order valence-corrected chi connectivity index (χ1v) is 9.75. The summed E-state index contributed by atoms with van der Waals surface area (Å²) in [4.78, 5) is 25.4. The molecule has 1 atom stereocenters. The summed E-state index contributed by atoms with van der Waals surface area (Å²) in [5, 5.41) is 9.14. The lowest BCUT2D eigenvalue weighted by atomic mass is 9.98. The van der Waals surface area contributed by atoms with Crippen molar-refractivity contribution in [3.63, 3.8) is 0 Å². The van der Waals surface area contributed by atoms with Crippen molar-refractivity contribution < 1.29 is 23.1 Å². The molecule has 138 valence electrons. The van der Waals surface area contributed by atoms with Crippen LogP contribution in [0.1, 0.15) is 28.8 Å². The van der Waals surface area contributed by atoms with Gasteiger partial charge in [-0.25, -0.2) is 12.4 Å². The summed E-state index contributed by atoms with van der Waals surface area (Å²) >= 11 is 0. The first-order chi connectivity index (χ1) is 12.3. The fraction of sp³-hybridized carbons (Fsp3) is 0.333. The molecule has 7 nitrogen and oxygen atoms in total. The number of nitrogens with zero attached hydrogens (tertiary/aromatic N) is 2. The number of benzene rings is 1. The predicted octanol–water partition coefficient (Wildman–Crippen LogP) is 1.97. The lowest BCUT2D eigenvalue weighted by molar-refractivity contribution is -0.143. The fourth-order valence-corrected chi connectivity index (χ4v) is 4.23. The van der Waals surface area contributed by atoms with Crippen LogP contribution in [0.3, 0.4) is 0 Å². The van der Waals surface area contributed by atoms with Crippen molar-refractivity contribution in [3.05, 3.63) is 53.9 Å². The SMILES string of the molecule is Cc1ccc(S(=O)(=O)n2ccc(C(=O)N3CCCC(C(=O)O)C3)c2)cc1. The average Bonchev–Trinajstić information content (AvgIpc) is 3.12. The number of aryl methyl sites for hydroxylation is 1. The van der Waals surface area contributed by atoms with E-state index in [-0.39, 0.29) is 22.9 Å². The molecule has 2 aromatic rings. The number of aliphatic carboxylic acids is 1. The van der Waals surface area contributed by atoms with Gasteiger partial charge in [-0.3, -0.25) is 9.59 Å². The molecule has 26 heavy (non-hydrogen) atoms. The Kier molecular flexibility index (Phi) is 4.86. The van der Waals surface area contributed by atoms with E-state index in [4.69, 9.17) is 5.11 Å². The van der Waals surface area contributed by atoms with Crippen LogP contribution in [0, 0.1) is 12.8 Å².